The molecule has 0 heterocycles. The topological polar surface area (TPSA) is 78.2 Å². The van der Waals surface area contributed by atoms with Crippen LogP contribution in [-0.4, -0.2) is 15.5 Å². The average Bonchev–Trinajstić information content (AvgIpc) is 2.39. The Hall–Kier alpha value is -1.11. The molecule has 104 valence electrons. The molecule has 0 bridgehead atoms. The van der Waals surface area contributed by atoms with Crippen molar-refractivity contribution in [1.82, 2.24) is 4.72 Å². The monoisotopic (exact) mass is 282 g/mol. The Bertz CT molecular complexity index is 438. The van der Waals surface area contributed by atoms with Gasteiger partial charge in [0.05, 0.1) is 22.3 Å². The number of rotatable bonds is 4. The summed E-state index contributed by atoms with van der Waals surface area (Å²) in [4.78, 5) is 10.7. The van der Waals surface area contributed by atoms with Gasteiger partial charge < -0.3 is 4.55 Å². The highest BCUT2D eigenvalue weighted by Gasteiger charge is 2.24. The highest BCUT2D eigenvalue weighted by atomic mass is 32.2. The summed E-state index contributed by atoms with van der Waals surface area (Å²) >= 11 is -1.29. The third-order valence-corrected chi connectivity index (χ3v) is 4.72. The van der Waals surface area contributed by atoms with E-state index < -0.39 is 16.3 Å². The van der Waals surface area contributed by atoms with Crippen LogP contribution in [0.2, 0.25) is 0 Å². The van der Waals surface area contributed by atoms with E-state index in [9.17, 15) is 14.7 Å². The number of hydrogen-bond donors (Lipinski definition) is 1. The Kier molecular flexibility index (Phi) is 4.79. The maximum Gasteiger partial charge on any atom is 0.269 e. The van der Waals surface area contributed by atoms with Gasteiger partial charge in [0.25, 0.3) is 5.69 Å². The van der Waals surface area contributed by atoms with E-state index in [0.29, 0.717) is 10.8 Å². The number of nitrogens with one attached hydrogen (secondary N) is 1. The van der Waals surface area contributed by atoms with Crippen molar-refractivity contribution < 1.29 is 9.48 Å². The first-order valence-corrected chi connectivity index (χ1v) is 7.63. The van der Waals surface area contributed by atoms with Gasteiger partial charge in [-0.25, -0.2) is 0 Å². The second-order valence-corrected chi connectivity index (χ2v) is 6.35. The average molecular weight is 282 g/mol. The molecule has 1 aliphatic carbocycles. The molecule has 0 aromatic heterocycles. The van der Waals surface area contributed by atoms with Gasteiger partial charge >= 0.3 is 0 Å². The fourth-order valence-corrected chi connectivity index (χ4v) is 3.49. The Labute approximate surface area is 115 Å². The van der Waals surface area contributed by atoms with Crippen LogP contribution in [0.3, 0.4) is 0 Å². The van der Waals surface area contributed by atoms with Crippen LogP contribution in [-0.2, 0) is 11.4 Å². The molecule has 1 fully saturated rings. The Balaban J connectivity index is 1.95. The van der Waals surface area contributed by atoms with Crippen LogP contribution in [0.15, 0.2) is 29.2 Å². The zero-order chi connectivity index (χ0) is 13.8. The van der Waals surface area contributed by atoms with Crippen molar-refractivity contribution in [2.75, 3.05) is 0 Å². The first-order valence-electron chi connectivity index (χ1n) is 6.48. The van der Waals surface area contributed by atoms with Crippen LogP contribution >= 0.6 is 0 Å². The van der Waals surface area contributed by atoms with Crippen molar-refractivity contribution >= 4 is 17.0 Å². The Morgan fingerprint density at radius 2 is 2.00 bits per heavy atom. The number of hydrogen-bond acceptors (Lipinski definition) is 4. The van der Waals surface area contributed by atoms with E-state index in [4.69, 9.17) is 0 Å². The van der Waals surface area contributed by atoms with Crippen molar-refractivity contribution in [1.29, 1.82) is 0 Å². The van der Waals surface area contributed by atoms with Crippen molar-refractivity contribution in [3.63, 3.8) is 0 Å². The maximum absolute atomic E-state index is 12.1. The van der Waals surface area contributed by atoms with Crippen LogP contribution in [0.5, 0.6) is 0 Å². The van der Waals surface area contributed by atoms with Gasteiger partial charge in [0.1, 0.15) is 0 Å². The van der Waals surface area contributed by atoms with Gasteiger partial charge in [-0.1, -0.05) is 19.8 Å². The third-order valence-electron chi connectivity index (χ3n) is 3.47. The van der Waals surface area contributed by atoms with E-state index in [-0.39, 0.29) is 11.7 Å². The summed E-state index contributed by atoms with van der Waals surface area (Å²) in [5, 5.41) is 10.5. The first-order chi connectivity index (χ1) is 9.06. The summed E-state index contributed by atoms with van der Waals surface area (Å²) in [5.41, 5.74) is 0.0204. The predicted molar refractivity (Wildman–Crippen MR) is 74.1 cm³/mol. The number of benzene rings is 1. The molecule has 19 heavy (non-hydrogen) atoms. The maximum atomic E-state index is 12.1. The standard InChI is InChI=1S/C13H18N2O3S/c1-10-3-2-4-11(9-10)14-19(18)13-7-5-12(6-8-13)15(16)17/h5-8,10-11,14H,2-4,9H2,1H3. The molecule has 1 aromatic rings. The summed E-state index contributed by atoms with van der Waals surface area (Å²) in [6.07, 6.45) is 4.49. The zero-order valence-electron chi connectivity index (χ0n) is 10.9. The second kappa shape index (κ2) is 6.36. The molecule has 5 nitrogen and oxygen atoms in total. The Morgan fingerprint density at radius 1 is 1.32 bits per heavy atom. The van der Waals surface area contributed by atoms with Gasteiger partial charge in [0.2, 0.25) is 0 Å². The molecule has 2 rings (SSSR count). The van der Waals surface area contributed by atoms with Crippen molar-refractivity contribution in [3.8, 4) is 0 Å². The summed E-state index contributed by atoms with van der Waals surface area (Å²) in [5.74, 6) is 0.667. The van der Waals surface area contributed by atoms with E-state index in [1.165, 1.54) is 18.6 Å². The molecule has 1 aromatic carbocycles. The number of non-ortho nitro benzene ring substituents is 1. The smallest absolute Gasteiger partial charge is 0.269 e. The van der Waals surface area contributed by atoms with Crippen molar-refractivity contribution in [3.05, 3.63) is 34.4 Å². The highest BCUT2D eigenvalue weighted by Crippen LogP contribution is 2.25. The molecule has 0 amide bonds. The minimum Gasteiger partial charge on any atom is -0.593 e. The van der Waals surface area contributed by atoms with Gasteiger partial charge in [-0.2, -0.15) is 0 Å². The molecule has 3 unspecified atom stereocenters. The van der Waals surface area contributed by atoms with Crippen LogP contribution in [0.4, 0.5) is 5.69 Å². The number of nitro groups is 1. The second-order valence-electron chi connectivity index (χ2n) is 5.11. The van der Waals surface area contributed by atoms with Crippen molar-refractivity contribution in [2.45, 2.75) is 43.5 Å². The van der Waals surface area contributed by atoms with Crippen LogP contribution in [0, 0.1) is 16.0 Å². The van der Waals surface area contributed by atoms with E-state index >= 15 is 0 Å². The van der Waals surface area contributed by atoms with Gasteiger partial charge in [0.15, 0.2) is 4.90 Å². The normalized spacial score (nSPS) is 24.9. The predicted octanol–water partition coefficient (Wildman–Crippen LogP) is 2.79. The number of nitrogens with zero attached hydrogens (tertiary/aromatic N) is 1. The molecule has 1 aliphatic rings. The van der Waals surface area contributed by atoms with E-state index in [0.717, 1.165) is 19.3 Å². The third kappa shape index (κ3) is 3.92. The molecule has 3 atom stereocenters. The lowest BCUT2D eigenvalue weighted by Crippen LogP contribution is -2.37. The summed E-state index contributed by atoms with van der Waals surface area (Å²) < 4.78 is 15.2. The molecular formula is C13H18N2O3S. The lowest BCUT2D eigenvalue weighted by Gasteiger charge is -2.27. The molecule has 1 saturated carbocycles. The quantitative estimate of drug-likeness (QED) is 0.523. The fraction of sp³-hybridized carbons (Fsp3) is 0.538. The molecule has 1 N–H and O–H groups in total. The van der Waals surface area contributed by atoms with Gasteiger partial charge in [-0.15, -0.1) is 4.72 Å². The molecule has 0 aliphatic heterocycles. The Morgan fingerprint density at radius 3 is 2.58 bits per heavy atom. The SMILES string of the molecule is CC1CCCC(N[S+]([O-])c2ccc([N+](=O)[O-])cc2)C1. The van der Waals surface area contributed by atoms with Gasteiger partial charge in [-0.05, 0) is 18.8 Å². The summed E-state index contributed by atoms with van der Waals surface area (Å²) in [6, 6.07) is 6.15. The van der Waals surface area contributed by atoms with E-state index in [1.54, 1.807) is 12.1 Å². The first kappa shape index (κ1) is 14.3. The molecular weight excluding hydrogens is 264 g/mol. The molecule has 0 spiro atoms. The zero-order valence-corrected chi connectivity index (χ0v) is 11.7. The largest absolute Gasteiger partial charge is 0.593 e. The van der Waals surface area contributed by atoms with Crippen LogP contribution in [0.1, 0.15) is 32.6 Å². The van der Waals surface area contributed by atoms with Gasteiger partial charge in [0, 0.05) is 24.3 Å². The summed E-state index contributed by atoms with van der Waals surface area (Å²) in [7, 11) is 0. The minimum absolute atomic E-state index is 0.0204. The molecule has 6 heteroatoms. The minimum atomic E-state index is -1.29. The van der Waals surface area contributed by atoms with E-state index in [1.807, 2.05) is 0 Å². The lowest BCUT2D eigenvalue weighted by atomic mass is 9.88. The fourth-order valence-electron chi connectivity index (χ4n) is 2.45. The highest BCUT2D eigenvalue weighted by molar-refractivity contribution is 7.89. The van der Waals surface area contributed by atoms with Gasteiger partial charge in [-0.3, -0.25) is 10.1 Å². The van der Waals surface area contributed by atoms with Crippen LogP contribution in [0.25, 0.3) is 0 Å². The van der Waals surface area contributed by atoms with Crippen molar-refractivity contribution in [2.24, 2.45) is 5.92 Å². The van der Waals surface area contributed by atoms with Crippen LogP contribution < -0.4 is 4.72 Å². The molecule has 0 radical (unpaired) electrons. The van der Waals surface area contributed by atoms with E-state index in [2.05, 4.69) is 11.6 Å². The molecule has 0 saturated heterocycles. The lowest BCUT2D eigenvalue weighted by molar-refractivity contribution is -0.384. The number of nitro benzene ring substituents is 1. The summed E-state index contributed by atoms with van der Waals surface area (Å²) in [6.45, 7) is 2.21.